The normalized spacial score (nSPS) is 15.1. The third-order valence-electron chi connectivity index (χ3n) is 2.98. The predicted molar refractivity (Wildman–Crippen MR) is 70.9 cm³/mol. The largest absolute Gasteiger partial charge is 0.385 e. The molecule has 0 radical (unpaired) electrons. The molecular weight excluding hydrogens is 282 g/mol. The van der Waals surface area contributed by atoms with Crippen molar-refractivity contribution < 1.29 is 5.11 Å². The number of fused-ring (bicyclic) bond motifs is 1. The Labute approximate surface area is 109 Å². The van der Waals surface area contributed by atoms with Gasteiger partial charge in [0.05, 0.1) is 11.7 Å². The van der Waals surface area contributed by atoms with E-state index < -0.39 is 6.10 Å². The number of halogens is 1. The molecule has 0 bridgehead atoms. The van der Waals surface area contributed by atoms with Crippen LogP contribution in [0.2, 0.25) is 0 Å². The number of hydrogen-bond donors (Lipinski definition) is 1. The molecule has 0 amide bonds. The molecule has 0 saturated carbocycles. The lowest BCUT2D eigenvalue weighted by Gasteiger charge is -2.17. The molecule has 2 heterocycles. The Hall–Kier alpha value is -0.940. The van der Waals surface area contributed by atoms with Gasteiger partial charge in [-0.2, -0.15) is 0 Å². The number of pyridine rings is 1. The fourth-order valence-corrected chi connectivity index (χ4v) is 2.25. The number of aromatic nitrogens is 3. The molecule has 1 N–H and O–H groups in total. The Bertz CT molecular complexity index is 536. The Balaban J connectivity index is 2.73. The first-order valence-electron chi connectivity index (χ1n) is 5.76. The summed E-state index contributed by atoms with van der Waals surface area (Å²) in [5.41, 5.74) is 1.83. The van der Waals surface area contributed by atoms with E-state index in [0.717, 1.165) is 22.1 Å². The van der Waals surface area contributed by atoms with Gasteiger partial charge in [-0.3, -0.25) is 0 Å². The Morgan fingerprint density at radius 3 is 2.76 bits per heavy atom. The van der Waals surface area contributed by atoms with E-state index in [-0.39, 0.29) is 0 Å². The summed E-state index contributed by atoms with van der Waals surface area (Å²) in [5, 5.41) is 9.80. The number of hydrogen-bond acceptors (Lipinski definition) is 3. The zero-order valence-corrected chi connectivity index (χ0v) is 11.8. The maximum absolute atomic E-state index is 9.80. The first kappa shape index (κ1) is 12.5. The summed E-state index contributed by atoms with van der Waals surface area (Å²) in [6.07, 6.45) is 2.14. The molecule has 2 aromatic heterocycles. The standard InChI is InChI=1S/C12H16BrN3O/c1-4-7(2)16-10-5-11(13)14-6-9(10)15-12(16)8(3)17/h5-8,17H,4H2,1-3H3. The molecule has 0 aliphatic carbocycles. The van der Waals surface area contributed by atoms with Crippen molar-refractivity contribution in [1.29, 1.82) is 0 Å². The van der Waals surface area contributed by atoms with Crippen molar-refractivity contribution in [2.24, 2.45) is 0 Å². The average Bonchev–Trinajstić information content (AvgIpc) is 2.66. The molecule has 0 aliphatic rings. The average molecular weight is 298 g/mol. The fourth-order valence-electron chi connectivity index (χ4n) is 1.93. The molecule has 17 heavy (non-hydrogen) atoms. The van der Waals surface area contributed by atoms with Crippen LogP contribution in [-0.2, 0) is 0 Å². The topological polar surface area (TPSA) is 50.9 Å². The van der Waals surface area contributed by atoms with Crippen LogP contribution in [0.15, 0.2) is 16.9 Å². The molecule has 2 aromatic rings. The smallest absolute Gasteiger partial charge is 0.138 e. The third-order valence-corrected chi connectivity index (χ3v) is 3.41. The van der Waals surface area contributed by atoms with Crippen LogP contribution in [0, 0.1) is 0 Å². The van der Waals surface area contributed by atoms with Crippen LogP contribution in [0.5, 0.6) is 0 Å². The summed E-state index contributed by atoms with van der Waals surface area (Å²) < 4.78 is 2.87. The second-order valence-corrected chi connectivity index (χ2v) is 5.08. The SMILES string of the molecule is CCC(C)n1c(C(C)O)nc2cnc(Br)cc21. The Morgan fingerprint density at radius 1 is 1.47 bits per heavy atom. The van der Waals surface area contributed by atoms with E-state index >= 15 is 0 Å². The van der Waals surface area contributed by atoms with E-state index in [2.05, 4.69) is 44.3 Å². The highest BCUT2D eigenvalue weighted by Crippen LogP contribution is 2.27. The molecule has 0 aromatic carbocycles. The van der Waals surface area contributed by atoms with Gasteiger partial charge in [-0.05, 0) is 42.3 Å². The lowest BCUT2D eigenvalue weighted by atomic mass is 10.2. The Kier molecular flexibility index (Phi) is 3.49. The summed E-state index contributed by atoms with van der Waals surface area (Å²) in [6, 6.07) is 2.25. The van der Waals surface area contributed by atoms with E-state index in [1.807, 2.05) is 6.07 Å². The number of nitrogens with zero attached hydrogens (tertiary/aromatic N) is 3. The second kappa shape index (κ2) is 4.74. The van der Waals surface area contributed by atoms with Crippen molar-refractivity contribution >= 4 is 27.0 Å². The Morgan fingerprint density at radius 2 is 2.18 bits per heavy atom. The summed E-state index contributed by atoms with van der Waals surface area (Å²) in [7, 11) is 0. The van der Waals surface area contributed by atoms with E-state index in [1.54, 1.807) is 13.1 Å². The molecule has 2 rings (SSSR count). The third kappa shape index (κ3) is 2.21. The molecule has 0 spiro atoms. The van der Waals surface area contributed by atoms with Crippen molar-refractivity contribution in [2.45, 2.75) is 39.3 Å². The van der Waals surface area contributed by atoms with Gasteiger partial charge in [0.25, 0.3) is 0 Å². The van der Waals surface area contributed by atoms with Crippen LogP contribution in [-0.4, -0.2) is 19.6 Å². The van der Waals surface area contributed by atoms with Gasteiger partial charge in [-0.15, -0.1) is 0 Å². The lowest BCUT2D eigenvalue weighted by Crippen LogP contribution is -2.10. The molecule has 2 unspecified atom stereocenters. The predicted octanol–water partition coefficient (Wildman–Crippen LogP) is 3.22. The fraction of sp³-hybridized carbons (Fsp3) is 0.500. The summed E-state index contributed by atoms with van der Waals surface area (Å²) >= 11 is 3.37. The zero-order valence-electron chi connectivity index (χ0n) is 10.2. The zero-order chi connectivity index (χ0) is 12.6. The van der Waals surface area contributed by atoms with Gasteiger partial charge >= 0.3 is 0 Å². The van der Waals surface area contributed by atoms with Gasteiger partial charge in [0.2, 0.25) is 0 Å². The van der Waals surface area contributed by atoms with Gasteiger partial charge in [0, 0.05) is 6.04 Å². The minimum Gasteiger partial charge on any atom is -0.385 e. The first-order valence-corrected chi connectivity index (χ1v) is 6.55. The lowest BCUT2D eigenvalue weighted by molar-refractivity contribution is 0.182. The van der Waals surface area contributed by atoms with Gasteiger partial charge in [0.15, 0.2) is 0 Å². The van der Waals surface area contributed by atoms with Gasteiger partial charge in [0.1, 0.15) is 22.0 Å². The maximum Gasteiger partial charge on any atom is 0.138 e. The van der Waals surface area contributed by atoms with E-state index in [4.69, 9.17) is 0 Å². The van der Waals surface area contributed by atoms with Gasteiger partial charge in [-0.1, -0.05) is 6.92 Å². The van der Waals surface area contributed by atoms with Crippen molar-refractivity contribution in [3.63, 3.8) is 0 Å². The second-order valence-electron chi connectivity index (χ2n) is 4.27. The van der Waals surface area contributed by atoms with Crippen LogP contribution < -0.4 is 0 Å². The molecular formula is C12H16BrN3O. The number of imidazole rings is 1. The quantitative estimate of drug-likeness (QED) is 0.885. The molecule has 92 valence electrons. The summed E-state index contributed by atoms with van der Waals surface area (Å²) in [4.78, 5) is 8.62. The molecule has 0 aliphatic heterocycles. The minimum absolute atomic E-state index is 0.305. The molecule has 4 nitrogen and oxygen atoms in total. The highest BCUT2D eigenvalue weighted by atomic mass is 79.9. The molecule has 2 atom stereocenters. The maximum atomic E-state index is 9.80. The number of rotatable bonds is 3. The van der Waals surface area contributed by atoms with Gasteiger partial charge in [-0.25, -0.2) is 9.97 Å². The highest BCUT2D eigenvalue weighted by molar-refractivity contribution is 9.10. The van der Waals surface area contributed by atoms with Crippen LogP contribution in [0.4, 0.5) is 0 Å². The number of aliphatic hydroxyl groups excluding tert-OH is 1. The van der Waals surface area contributed by atoms with Gasteiger partial charge < -0.3 is 9.67 Å². The molecule has 0 fully saturated rings. The van der Waals surface area contributed by atoms with E-state index in [9.17, 15) is 5.11 Å². The van der Waals surface area contributed by atoms with Crippen molar-refractivity contribution in [3.05, 3.63) is 22.7 Å². The van der Waals surface area contributed by atoms with Crippen molar-refractivity contribution in [2.75, 3.05) is 0 Å². The number of aliphatic hydroxyl groups is 1. The molecule has 5 heteroatoms. The summed E-state index contributed by atoms with van der Waals surface area (Å²) in [6.45, 7) is 5.99. The van der Waals surface area contributed by atoms with Crippen LogP contribution in [0.25, 0.3) is 11.0 Å². The minimum atomic E-state index is -0.574. The van der Waals surface area contributed by atoms with E-state index in [1.165, 1.54) is 0 Å². The highest BCUT2D eigenvalue weighted by Gasteiger charge is 2.18. The van der Waals surface area contributed by atoms with Crippen LogP contribution in [0.1, 0.15) is 45.2 Å². The molecule has 0 saturated heterocycles. The monoisotopic (exact) mass is 297 g/mol. The van der Waals surface area contributed by atoms with Crippen LogP contribution >= 0.6 is 15.9 Å². The van der Waals surface area contributed by atoms with Crippen molar-refractivity contribution in [1.82, 2.24) is 14.5 Å². The van der Waals surface area contributed by atoms with Crippen molar-refractivity contribution in [3.8, 4) is 0 Å². The first-order chi connectivity index (χ1) is 8.04. The summed E-state index contributed by atoms with van der Waals surface area (Å²) in [5.74, 6) is 0.703. The van der Waals surface area contributed by atoms with Crippen LogP contribution in [0.3, 0.4) is 0 Å². The van der Waals surface area contributed by atoms with E-state index in [0.29, 0.717) is 11.9 Å².